The van der Waals surface area contributed by atoms with Gasteiger partial charge in [0.05, 0.1) is 15.7 Å². The summed E-state index contributed by atoms with van der Waals surface area (Å²) in [5, 5.41) is 14.8. The second kappa shape index (κ2) is 8.97. The number of carboxylic acid groups (broad SMARTS) is 1. The Kier molecular flexibility index (Phi) is 5.95. The topological polar surface area (TPSA) is 79.2 Å². The smallest absolute Gasteiger partial charge is 0.341 e. The standard InChI is InChI=1S/C24H17BrN2O4/c25-20-14-16(11-12-21(20)31-15-22(28)29)13-19-23(17-7-3-1-4-8-17)26-27(24(19)30)18-9-5-2-6-10-18/h1-14H,15H2,(H,28,29)/b19-13-. The fourth-order valence-corrected chi connectivity index (χ4v) is 3.64. The van der Waals surface area contributed by atoms with E-state index in [0.717, 1.165) is 11.1 Å². The number of carboxylic acids is 1. The minimum Gasteiger partial charge on any atom is -0.481 e. The van der Waals surface area contributed by atoms with E-state index in [4.69, 9.17) is 9.84 Å². The molecule has 4 rings (SSSR count). The molecule has 31 heavy (non-hydrogen) atoms. The van der Waals surface area contributed by atoms with Crippen LogP contribution >= 0.6 is 15.9 Å². The third-order valence-electron chi connectivity index (χ3n) is 4.54. The summed E-state index contributed by atoms with van der Waals surface area (Å²) >= 11 is 3.40. The number of para-hydroxylation sites is 1. The molecule has 0 aliphatic carbocycles. The van der Waals surface area contributed by atoms with Crippen LogP contribution in [0.1, 0.15) is 11.1 Å². The summed E-state index contributed by atoms with van der Waals surface area (Å²) < 4.78 is 5.83. The van der Waals surface area contributed by atoms with Gasteiger partial charge < -0.3 is 9.84 Å². The summed E-state index contributed by atoms with van der Waals surface area (Å²) in [4.78, 5) is 24.0. The fraction of sp³-hybridized carbons (Fsp3) is 0.0417. The van der Waals surface area contributed by atoms with E-state index < -0.39 is 12.6 Å². The SMILES string of the molecule is O=C(O)COc1ccc(/C=C2\C(=O)N(c3ccccc3)N=C2c2ccccc2)cc1Br. The van der Waals surface area contributed by atoms with Crippen LogP contribution in [-0.4, -0.2) is 29.3 Å². The third kappa shape index (κ3) is 4.57. The van der Waals surface area contributed by atoms with Gasteiger partial charge in [-0.1, -0.05) is 54.6 Å². The molecule has 0 spiro atoms. The van der Waals surface area contributed by atoms with E-state index in [-0.39, 0.29) is 5.91 Å². The van der Waals surface area contributed by atoms with Gasteiger partial charge in [-0.05, 0) is 51.8 Å². The zero-order valence-electron chi connectivity index (χ0n) is 16.2. The molecule has 7 heteroatoms. The van der Waals surface area contributed by atoms with Crippen LogP contribution in [0.25, 0.3) is 6.08 Å². The minimum absolute atomic E-state index is 0.229. The Hall–Kier alpha value is -3.71. The lowest BCUT2D eigenvalue weighted by Crippen LogP contribution is -2.21. The highest BCUT2D eigenvalue weighted by Crippen LogP contribution is 2.30. The highest BCUT2D eigenvalue weighted by atomic mass is 79.9. The molecule has 0 fully saturated rings. The van der Waals surface area contributed by atoms with Gasteiger partial charge in [0.15, 0.2) is 6.61 Å². The highest BCUT2D eigenvalue weighted by molar-refractivity contribution is 9.10. The quantitative estimate of drug-likeness (QED) is 0.520. The van der Waals surface area contributed by atoms with Gasteiger partial charge in [-0.25, -0.2) is 4.79 Å². The molecular weight excluding hydrogens is 460 g/mol. The molecule has 0 saturated carbocycles. The van der Waals surface area contributed by atoms with E-state index in [9.17, 15) is 9.59 Å². The first-order chi connectivity index (χ1) is 15.0. The lowest BCUT2D eigenvalue weighted by Gasteiger charge is -2.11. The zero-order chi connectivity index (χ0) is 21.8. The molecule has 1 N–H and O–H groups in total. The number of ether oxygens (including phenoxy) is 1. The second-order valence-electron chi connectivity index (χ2n) is 6.70. The van der Waals surface area contributed by atoms with Gasteiger partial charge in [-0.2, -0.15) is 10.1 Å². The molecule has 0 saturated heterocycles. The predicted octanol–water partition coefficient (Wildman–Crippen LogP) is 4.75. The number of anilines is 1. The van der Waals surface area contributed by atoms with Gasteiger partial charge in [0, 0.05) is 5.56 Å². The molecule has 1 amide bonds. The molecule has 6 nitrogen and oxygen atoms in total. The second-order valence-corrected chi connectivity index (χ2v) is 7.55. The number of carbonyl (C=O) groups is 2. The number of benzene rings is 3. The summed E-state index contributed by atoms with van der Waals surface area (Å²) in [5.74, 6) is -0.878. The summed E-state index contributed by atoms with van der Waals surface area (Å²) in [6.07, 6.45) is 1.77. The van der Waals surface area contributed by atoms with E-state index in [1.165, 1.54) is 5.01 Å². The van der Waals surface area contributed by atoms with Crippen LogP contribution in [0.2, 0.25) is 0 Å². The Bertz CT molecular complexity index is 1190. The van der Waals surface area contributed by atoms with Crippen LogP contribution in [0, 0.1) is 0 Å². The van der Waals surface area contributed by atoms with Gasteiger partial charge in [0.25, 0.3) is 5.91 Å². The Morgan fingerprint density at radius 3 is 2.35 bits per heavy atom. The van der Waals surface area contributed by atoms with Crippen molar-refractivity contribution in [3.8, 4) is 5.75 Å². The van der Waals surface area contributed by atoms with Crippen LogP contribution in [0.5, 0.6) is 5.75 Å². The van der Waals surface area contributed by atoms with Gasteiger partial charge in [0.1, 0.15) is 11.5 Å². The number of hydrazone groups is 1. The molecule has 1 aliphatic heterocycles. The average molecular weight is 477 g/mol. The van der Waals surface area contributed by atoms with Crippen LogP contribution < -0.4 is 9.75 Å². The maximum atomic E-state index is 13.3. The number of halogens is 1. The monoisotopic (exact) mass is 476 g/mol. The number of hydrogen-bond acceptors (Lipinski definition) is 4. The van der Waals surface area contributed by atoms with E-state index in [1.54, 1.807) is 24.3 Å². The number of nitrogens with zero attached hydrogens (tertiary/aromatic N) is 2. The molecule has 1 heterocycles. The number of amides is 1. The lowest BCUT2D eigenvalue weighted by molar-refractivity contribution is -0.139. The van der Waals surface area contributed by atoms with E-state index >= 15 is 0 Å². The van der Waals surface area contributed by atoms with Crippen molar-refractivity contribution in [2.45, 2.75) is 0 Å². The van der Waals surface area contributed by atoms with Gasteiger partial charge >= 0.3 is 5.97 Å². The van der Waals surface area contributed by atoms with Crippen LogP contribution in [-0.2, 0) is 9.59 Å². The molecule has 0 unspecified atom stereocenters. The van der Waals surface area contributed by atoms with Gasteiger partial charge in [0.2, 0.25) is 0 Å². The van der Waals surface area contributed by atoms with Crippen molar-refractivity contribution in [2.75, 3.05) is 11.6 Å². The Balaban J connectivity index is 1.72. The zero-order valence-corrected chi connectivity index (χ0v) is 17.8. The number of hydrogen-bond donors (Lipinski definition) is 1. The van der Waals surface area contributed by atoms with Crippen molar-refractivity contribution in [3.05, 3.63) is 100 Å². The Morgan fingerprint density at radius 2 is 1.71 bits per heavy atom. The van der Waals surface area contributed by atoms with Gasteiger partial charge in [-0.15, -0.1) is 0 Å². The van der Waals surface area contributed by atoms with Crippen molar-refractivity contribution in [1.82, 2.24) is 0 Å². The van der Waals surface area contributed by atoms with Crippen LogP contribution in [0.4, 0.5) is 5.69 Å². The van der Waals surface area contributed by atoms with Crippen molar-refractivity contribution in [2.24, 2.45) is 5.10 Å². The molecule has 0 atom stereocenters. The Morgan fingerprint density at radius 1 is 1.03 bits per heavy atom. The van der Waals surface area contributed by atoms with Crippen molar-refractivity contribution in [3.63, 3.8) is 0 Å². The first-order valence-corrected chi connectivity index (χ1v) is 10.2. The predicted molar refractivity (Wildman–Crippen MR) is 122 cm³/mol. The molecule has 1 aliphatic rings. The Labute approximate surface area is 187 Å². The first-order valence-electron chi connectivity index (χ1n) is 9.42. The largest absolute Gasteiger partial charge is 0.481 e. The molecule has 3 aromatic rings. The summed E-state index contributed by atoms with van der Waals surface area (Å²) in [5.41, 5.74) is 3.30. The molecule has 154 valence electrons. The van der Waals surface area contributed by atoms with E-state index in [0.29, 0.717) is 27.2 Å². The van der Waals surface area contributed by atoms with Crippen LogP contribution in [0.3, 0.4) is 0 Å². The van der Waals surface area contributed by atoms with E-state index in [1.807, 2.05) is 60.7 Å². The number of rotatable bonds is 6. The van der Waals surface area contributed by atoms with E-state index in [2.05, 4.69) is 21.0 Å². The fourth-order valence-electron chi connectivity index (χ4n) is 3.13. The molecule has 0 bridgehead atoms. The minimum atomic E-state index is -1.06. The summed E-state index contributed by atoms with van der Waals surface area (Å²) in [7, 11) is 0. The highest BCUT2D eigenvalue weighted by Gasteiger charge is 2.31. The number of carbonyl (C=O) groups excluding carboxylic acids is 1. The maximum absolute atomic E-state index is 13.3. The molecular formula is C24H17BrN2O4. The third-order valence-corrected chi connectivity index (χ3v) is 5.16. The number of aliphatic carboxylic acids is 1. The summed E-state index contributed by atoms with van der Waals surface area (Å²) in [6, 6.07) is 24.0. The van der Waals surface area contributed by atoms with Crippen molar-refractivity contribution < 1.29 is 19.4 Å². The first kappa shape index (κ1) is 20.6. The lowest BCUT2D eigenvalue weighted by atomic mass is 10.0. The average Bonchev–Trinajstić information content (AvgIpc) is 3.10. The van der Waals surface area contributed by atoms with Crippen LogP contribution in [0.15, 0.2) is 94.0 Å². The molecule has 3 aromatic carbocycles. The van der Waals surface area contributed by atoms with Gasteiger partial charge in [-0.3, -0.25) is 4.79 Å². The summed E-state index contributed by atoms with van der Waals surface area (Å²) in [6.45, 7) is -0.436. The normalized spacial score (nSPS) is 14.6. The maximum Gasteiger partial charge on any atom is 0.341 e. The molecule has 0 radical (unpaired) electrons. The molecule has 0 aromatic heterocycles. The van der Waals surface area contributed by atoms with Crippen molar-refractivity contribution in [1.29, 1.82) is 0 Å². The van der Waals surface area contributed by atoms with Crippen molar-refractivity contribution >= 4 is 45.3 Å².